The van der Waals surface area contributed by atoms with Gasteiger partial charge in [-0.25, -0.2) is 9.98 Å². The molecule has 0 bridgehead atoms. The molecule has 1 aromatic heterocycles. The summed E-state index contributed by atoms with van der Waals surface area (Å²) in [6, 6.07) is 26.4. The van der Waals surface area contributed by atoms with Crippen molar-refractivity contribution < 1.29 is 4.74 Å². The minimum atomic E-state index is 0.00132. The van der Waals surface area contributed by atoms with Gasteiger partial charge in [-0.15, -0.1) is 0 Å². The summed E-state index contributed by atoms with van der Waals surface area (Å²) in [5.74, 6) is 2.65. The lowest BCUT2D eigenvalue weighted by atomic mass is 10.0. The molecule has 4 aromatic rings. The number of imidazole rings is 1. The first-order valence-corrected chi connectivity index (χ1v) is 9.32. The zero-order chi connectivity index (χ0) is 18.9. The molecule has 5 nitrogen and oxygen atoms in total. The molecule has 0 spiro atoms. The van der Waals surface area contributed by atoms with E-state index in [-0.39, 0.29) is 6.04 Å². The Morgan fingerprint density at radius 1 is 0.929 bits per heavy atom. The molecule has 1 aliphatic heterocycles. The van der Waals surface area contributed by atoms with Crippen molar-refractivity contribution >= 4 is 22.7 Å². The van der Waals surface area contributed by atoms with Crippen LogP contribution >= 0.6 is 0 Å². The van der Waals surface area contributed by atoms with Gasteiger partial charge in [-0.2, -0.15) is 0 Å². The van der Waals surface area contributed by atoms with Crippen LogP contribution in [0.5, 0.6) is 5.75 Å². The highest BCUT2D eigenvalue weighted by molar-refractivity contribution is 6.01. The number of benzene rings is 3. The molecule has 1 atom stereocenters. The third-order valence-corrected chi connectivity index (χ3v) is 5.03. The zero-order valence-electron chi connectivity index (χ0n) is 15.5. The van der Waals surface area contributed by atoms with Gasteiger partial charge in [0, 0.05) is 12.1 Å². The van der Waals surface area contributed by atoms with Crippen molar-refractivity contribution in [3.05, 3.63) is 90.3 Å². The number of nitrogens with one attached hydrogen (secondary N) is 1. The second kappa shape index (κ2) is 6.85. The molecule has 28 heavy (non-hydrogen) atoms. The first kappa shape index (κ1) is 16.6. The first-order chi connectivity index (χ1) is 13.8. The van der Waals surface area contributed by atoms with Crippen LogP contribution in [-0.2, 0) is 6.42 Å². The largest absolute Gasteiger partial charge is 0.497 e. The SMILES string of the molecule is COc1ccc(C2Cc3nc4ccccc4n3C(Nc3ccccc3)=N2)cc1. The van der Waals surface area contributed by atoms with Crippen LogP contribution in [0.1, 0.15) is 17.4 Å². The van der Waals surface area contributed by atoms with Gasteiger partial charge in [-0.1, -0.05) is 42.5 Å². The maximum absolute atomic E-state index is 5.29. The number of anilines is 1. The van der Waals surface area contributed by atoms with Crippen LogP contribution in [0.2, 0.25) is 0 Å². The number of rotatable bonds is 3. The van der Waals surface area contributed by atoms with Crippen molar-refractivity contribution in [3.8, 4) is 5.75 Å². The van der Waals surface area contributed by atoms with Crippen molar-refractivity contribution in [2.75, 3.05) is 12.4 Å². The number of hydrogen-bond acceptors (Lipinski definition) is 4. The average molecular weight is 368 g/mol. The molecule has 1 aliphatic rings. The van der Waals surface area contributed by atoms with Gasteiger partial charge in [0.05, 0.1) is 24.2 Å². The summed E-state index contributed by atoms with van der Waals surface area (Å²) in [6.45, 7) is 0. The Morgan fingerprint density at radius 2 is 1.68 bits per heavy atom. The quantitative estimate of drug-likeness (QED) is 0.572. The number of aliphatic imine (C=N–C) groups is 1. The highest BCUT2D eigenvalue weighted by Crippen LogP contribution is 2.30. The van der Waals surface area contributed by atoms with E-state index in [1.165, 1.54) is 0 Å². The predicted molar refractivity (Wildman–Crippen MR) is 112 cm³/mol. The lowest BCUT2D eigenvalue weighted by Gasteiger charge is -2.24. The Morgan fingerprint density at radius 3 is 2.46 bits per heavy atom. The first-order valence-electron chi connectivity index (χ1n) is 9.32. The molecular weight excluding hydrogens is 348 g/mol. The van der Waals surface area contributed by atoms with Gasteiger partial charge < -0.3 is 10.1 Å². The van der Waals surface area contributed by atoms with E-state index in [1.54, 1.807) is 7.11 Å². The molecule has 3 aromatic carbocycles. The van der Waals surface area contributed by atoms with Crippen LogP contribution < -0.4 is 10.1 Å². The maximum Gasteiger partial charge on any atom is 0.209 e. The second-order valence-electron chi connectivity index (χ2n) is 6.79. The highest BCUT2D eigenvalue weighted by Gasteiger charge is 2.25. The van der Waals surface area contributed by atoms with Crippen molar-refractivity contribution in [3.63, 3.8) is 0 Å². The summed E-state index contributed by atoms with van der Waals surface area (Å²) in [7, 11) is 1.68. The maximum atomic E-state index is 5.29. The molecule has 0 saturated carbocycles. The highest BCUT2D eigenvalue weighted by atomic mass is 16.5. The third-order valence-electron chi connectivity index (χ3n) is 5.03. The van der Waals surface area contributed by atoms with Gasteiger partial charge >= 0.3 is 0 Å². The summed E-state index contributed by atoms with van der Waals surface area (Å²) in [4.78, 5) is 9.93. The van der Waals surface area contributed by atoms with Gasteiger partial charge in [0.25, 0.3) is 0 Å². The van der Waals surface area contributed by atoms with Gasteiger partial charge in [-0.3, -0.25) is 4.57 Å². The fourth-order valence-corrected chi connectivity index (χ4v) is 3.63. The van der Waals surface area contributed by atoms with Gasteiger partial charge in [-0.05, 0) is 42.0 Å². The number of aromatic nitrogens is 2. The fourth-order valence-electron chi connectivity index (χ4n) is 3.63. The topological polar surface area (TPSA) is 51.4 Å². The normalized spacial score (nSPS) is 15.8. The van der Waals surface area contributed by atoms with Crippen LogP contribution in [0, 0.1) is 0 Å². The van der Waals surface area contributed by atoms with Crippen LogP contribution in [0.4, 0.5) is 5.69 Å². The van der Waals surface area contributed by atoms with Crippen LogP contribution in [0.15, 0.2) is 83.9 Å². The molecule has 138 valence electrons. The number of hydrogen-bond donors (Lipinski definition) is 1. The van der Waals surface area contributed by atoms with E-state index < -0.39 is 0 Å². The summed E-state index contributed by atoms with van der Waals surface area (Å²) in [5, 5.41) is 3.49. The van der Waals surface area contributed by atoms with Crippen molar-refractivity contribution in [2.24, 2.45) is 4.99 Å². The average Bonchev–Trinajstić information content (AvgIpc) is 3.13. The Balaban J connectivity index is 1.61. The molecule has 5 heteroatoms. The number of nitrogens with zero attached hydrogens (tertiary/aromatic N) is 3. The molecular formula is C23H20N4O. The molecule has 0 radical (unpaired) electrons. The lowest BCUT2D eigenvalue weighted by Crippen LogP contribution is -2.29. The second-order valence-corrected chi connectivity index (χ2v) is 6.79. The third kappa shape index (κ3) is 2.91. The van der Waals surface area contributed by atoms with E-state index in [0.717, 1.165) is 46.2 Å². The van der Waals surface area contributed by atoms with E-state index in [9.17, 15) is 0 Å². The molecule has 0 amide bonds. The van der Waals surface area contributed by atoms with Gasteiger partial charge in [0.2, 0.25) is 5.96 Å². The zero-order valence-corrected chi connectivity index (χ0v) is 15.5. The fraction of sp³-hybridized carbons (Fsp3) is 0.130. The van der Waals surface area contributed by atoms with E-state index in [4.69, 9.17) is 14.7 Å². The Kier molecular flexibility index (Phi) is 4.05. The molecule has 1 N–H and O–H groups in total. The van der Waals surface area contributed by atoms with E-state index in [2.05, 4.69) is 28.1 Å². The van der Waals surface area contributed by atoms with E-state index in [1.807, 2.05) is 60.7 Å². The Bertz CT molecular complexity index is 1150. The molecule has 0 saturated heterocycles. The van der Waals surface area contributed by atoms with Crippen molar-refractivity contribution in [1.29, 1.82) is 0 Å². The van der Waals surface area contributed by atoms with E-state index >= 15 is 0 Å². The van der Waals surface area contributed by atoms with Crippen LogP contribution in [-0.4, -0.2) is 22.6 Å². The minimum absolute atomic E-state index is 0.00132. The number of methoxy groups -OCH3 is 1. The molecule has 2 heterocycles. The summed E-state index contributed by atoms with van der Waals surface area (Å²) in [5.41, 5.74) is 4.19. The molecule has 0 aliphatic carbocycles. The number of ether oxygens (including phenoxy) is 1. The summed E-state index contributed by atoms with van der Waals surface area (Å²) >= 11 is 0. The predicted octanol–water partition coefficient (Wildman–Crippen LogP) is 4.66. The lowest BCUT2D eigenvalue weighted by molar-refractivity contribution is 0.414. The van der Waals surface area contributed by atoms with Crippen molar-refractivity contribution in [2.45, 2.75) is 12.5 Å². The van der Waals surface area contributed by atoms with Crippen molar-refractivity contribution in [1.82, 2.24) is 9.55 Å². The minimum Gasteiger partial charge on any atom is -0.497 e. The smallest absolute Gasteiger partial charge is 0.209 e. The monoisotopic (exact) mass is 368 g/mol. The van der Waals surface area contributed by atoms with Crippen LogP contribution in [0.25, 0.3) is 11.0 Å². The summed E-state index contributed by atoms with van der Waals surface area (Å²) < 4.78 is 7.42. The molecule has 1 unspecified atom stereocenters. The number of para-hydroxylation sites is 3. The van der Waals surface area contributed by atoms with Gasteiger partial charge in [0.15, 0.2) is 0 Å². The summed E-state index contributed by atoms with van der Waals surface area (Å²) in [6.07, 6.45) is 0.751. The van der Waals surface area contributed by atoms with E-state index in [0.29, 0.717) is 0 Å². The number of fused-ring (bicyclic) bond motifs is 3. The van der Waals surface area contributed by atoms with Crippen LogP contribution in [0.3, 0.4) is 0 Å². The Hall–Kier alpha value is -3.60. The molecule has 5 rings (SSSR count). The molecule has 0 fully saturated rings. The Labute approximate surface area is 163 Å². The standard InChI is InChI=1S/C23H20N4O/c1-28-18-13-11-16(12-14-18)20-15-22-25-19-9-5-6-10-21(19)27(22)23(26-20)24-17-7-3-2-4-8-17/h2-14,20H,15H2,1H3,(H,24,26). The van der Waals surface area contributed by atoms with Gasteiger partial charge in [0.1, 0.15) is 11.6 Å².